The summed E-state index contributed by atoms with van der Waals surface area (Å²) in [4.78, 5) is 0. The lowest BCUT2D eigenvalue weighted by molar-refractivity contribution is 0.293. The number of thiol groups is 1. The number of hydrogen-bond acceptors (Lipinski definition) is 3. The summed E-state index contributed by atoms with van der Waals surface area (Å²) < 4.78 is 0.194. The van der Waals surface area contributed by atoms with Gasteiger partial charge in [0.15, 0.2) is 0 Å². The minimum Gasteiger partial charge on any atom is -0.395 e. The molecule has 4 N–H and O–H groups in total. The van der Waals surface area contributed by atoms with Gasteiger partial charge in [0.05, 0.1) is 6.61 Å². The largest absolute Gasteiger partial charge is 0.395 e. The fourth-order valence-electron chi connectivity index (χ4n) is 0.256. The average molecular weight is 182 g/mol. The molecule has 0 aliphatic carbocycles. The Balaban J connectivity index is 0. The molecular weight excluding hydrogens is 168 g/mol. The molecule has 10 heavy (non-hydrogen) atoms. The second-order valence-corrected chi connectivity index (χ2v) is 2.64. The Bertz CT molecular complexity index is 72.0. The maximum absolute atomic E-state index is 8.13. The SMILES string of the molecule is CCNCCO.NC(=S)S. The smallest absolute Gasteiger partial charge is 0.128 e. The van der Waals surface area contributed by atoms with Crippen LogP contribution in [0.1, 0.15) is 6.92 Å². The summed E-state index contributed by atoms with van der Waals surface area (Å²) in [6.45, 7) is 3.92. The van der Waals surface area contributed by atoms with E-state index in [1.165, 1.54) is 0 Å². The van der Waals surface area contributed by atoms with Gasteiger partial charge in [0.2, 0.25) is 0 Å². The van der Waals surface area contributed by atoms with E-state index in [2.05, 4.69) is 30.2 Å². The van der Waals surface area contributed by atoms with Crippen molar-refractivity contribution in [2.24, 2.45) is 5.73 Å². The molecule has 0 heterocycles. The third-order valence-electron chi connectivity index (χ3n) is 0.539. The van der Waals surface area contributed by atoms with Crippen molar-refractivity contribution in [3.05, 3.63) is 0 Å². The van der Waals surface area contributed by atoms with Crippen LogP contribution in [0.25, 0.3) is 0 Å². The van der Waals surface area contributed by atoms with Crippen molar-refractivity contribution in [2.75, 3.05) is 19.7 Å². The summed E-state index contributed by atoms with van der Waals surface area (Å²) in [5.74, 6) is 0. The van der Waals surface area contributed by atoms with Crippen LogP contribution < -0.4 is 11.1 Å². The van der Waals surface area contributed by atoms with Crippen molar-refractivity contribution in [2.45, 2.75) is 6.92 Å². The topological polar surface area (TPSA) is 58.3 Å². The number of aliphatic hydroxyl groups is 1. The van der Waals surface area contributed by atoms with Crippen LogP contribution in [0, 0.1) is 0 Å². The van der Waals surface area contributed by atoms with Crippen molar-refractivity contribution >= 4 is 29.2 Å². The van der Waals surface area contributed by atoms with E-state index in [4.69, 9.17) is 10.8 Å². The number of aliphatic hydroxyl groups excluding tert-OH is 1. The van der Waals surface area contributed by atoms with Crippen molar-refractivity contribution in [1.29, 1.82) is 0 Å². The second kappa shape index (κ2) is 11.9. The lowest BCUT2D eigenvalue weighted by atomic mass is 10.6. The van der Waals surface area contributed by atoms with Crippen LogP contribution in [0.5, 0.6) is 0 Å². The molecule has 0 saturated carbocycles. The van der Waals surface area contributed by atoms with Gasteiger partial charge in [-0.1, -0.05) is 19.1 Å². The second-order valence-electron chi connectivity index (χ2n) is 1.42. The first-order valence-corrected chi connectivity index (χ1v) is 3.80. The van der Waals surface area contributed by atoms with Crippen LogP contribution in [-0.4, -0.2) is 29.1 Å². The fraction of sp³-hybridized carbons (Fsp3) is 0.800. The molecule has 0 rings (SSSR count). The van der Waals surface area contributed by atoms with E-state index >= 15 is 0 Å². The van der Waals surface area contributed by atoms with Gasteiger partial charge in [-0.15, -0.1) is 12.6 Å². The predicted octanol–water partition coefficient (Wildman–Crippen LogP) is -0.252. The first kappa shape index (κ1) is 12.8. The van der Waals surface area contributed by atoms with Crippen LogP contribution in [0.4, 0.5) is 0 Å². The molecule has 0 saturated heterocycles. The Hall–Kier alpha value is 0.160. The molecule has 0 aliphatic heterocycles. The summed E-state index contributed by atoms with van der Waals surface area (Å²) in [5.41, 5.74) is 4.71. The van der Waals surface area contributed by atoms with Gasteiger partial charge in [-0.05, 0) is 6.54 Å². The van der Waals surface area contributed by atoms with Gasteiger partial charge in [-0.3, -0.25) is 0 Å². The van der Waals surface area contributed by atoms with Crippen LogP contribution in [0.3, 0.4) is 0 Å². The van der Waals surface area contributed by atoms with Gasteiger partial charge < -0.3 is 16.2 Å². The molecule has 0 fully saturated rings. The van der Waals surface area contributed by atoms with Gasteiger partial charge in [0.25, 0.3) is 0 Å². The summed E-state index contributed by atoms with van der Waals surface area (Å²) in [6, 6.07) is 0. The molecular formula is C5H14N2OS2. The molecule has 0 aromatic heterocycles. The van der Waals surface area contributed by atoms with Crippen molar-refractivity contribution in [3.63, 3.8) is 0 Å². The number of likely N-dealkylation sites (N-methyl/N-ethyl adjacent to an activating group) is 1. The standard InChI is InChI=1S/C4H11NO.CH3NS2/c1-2-5-3-4-6;2-1(3)4/h5-6H,2-4H2,1H3;(H3,2,3,4). The fourth-order valence-corrected chi connectivity index (χ4v) is 0.256. The molecule has 0 spiro atoms. The highest BCUT2D eigenvalue weighted by atomic mass is 32.1. The molecule has 0 aromatic carbocycles. The lowest BCUT2D eigenvalue weighted by Crippen LogP contribution is -2.16. The van der Waals surface area contributed by atoms with E-state index in [0.717, 1.165) is 13.1 Å². The third-order valence-corrected chi connectivity index (χ3v) is 0.539. The van der Waals surface area contributed by atoms with Gasteiger partial charge in [-0.25, -0.2) is 0 Å². The van der Waals surface area contributed by atoms with E-state index in [1.807, 2.05) is 6.92 Å². The van der Waals surface area contributed by atoms with Crippen molar-refractivity contribution in [1.82, 2.24) is 5.32 Å². The zero-order valence-electron chi connectivity index (χ0n) is 6.00. The molecule has 0 amide bonds. The number of hydrogen-bond donors (Lipinski definition) is 4. The Morgan fingerprint density at radius 3 is 2.30 bits per heavy atom. The zero-order chi connectivity index (χ0) is 8.41. The Kier molecular flexibility index (Phi) is 15.2. The minimum absolute atomic E-state index is 0.194. The summed E-state index contributed by atoms with van der Waals surface area (Å²) in [7, 11) is 0. The van der Waals surface area contributed by atoms with Crippen molar-refractivity contribution < 1.29 is 5.11 Å². The van der Waals surface area contributed by atoms with Crippen LogP contribution in [0.2, 0.25) is 0 Å². The lowest BCUT2D eigenvalue weighted by Gasteiger charge is -1.91. The monoisotopic (exact) mass is 182 g/mol. The van der Waals surface area contributed by atoms with Gasteiger partial charge >= 0.3 is 0 Å². The summed E-state index contributed by atoms with van der Waals surface area (Å²) in [6.07, 6.45) is 0. The number of nitrogens with two attached hydrogens (primary N) is 1. The van der Waals surface area contributed by atoms with E-state index in [-0.39, 0.29) is 10.9 Å². The van der Waals surface area contributed by atoms with Gasteiger partial charge in [0.1, 0.15) is 4.32 Å². The number of nitrogens with one attached hydrogen (secondary N) is 1. The maximum atomic E-state index is 8.13. The molecule has 5 heteroatoms. The molecule has 0 bridgehead atoms. The number of thiocarbonyl (C=S) groups is 1. The molecule has 0 atom stereocenters. The first-order valence-electron chi connectivity index (χ1n) is 2.95. The molecule has 0 aliphatic rings. The highest BCUT2D eigenvalue weighted by molar-refractivity contribution is 8.10. The minimum atomic E-state index is 0.194. The molecule has 0 unspecified atom stereocenters. The van der Waals surface area contributed by atoms with Gasteiger partial charge in [0, 0.05) is 6.54 Å². The molecule has 0 radical (unpaired) electrons. The number of rotatable bonds is 3. The predicted molar refractivity (Wildman–Crippen MR) is 51.4 cm³/mol. The highest BCUT2D eigenvalue weighted by Gasteiger charge is 1.72. The first-order chi connectivity index (χ1) is 4.65. The average Bonchev–Trinajstić information content (AvgIpc) is 1.82. The Morgan fingerprint density at radius 2 is 2.20 bits per heavy atom. The van der Waals surface area contributed by atoms with Crippen LogP contribution in [-0.2, 0) is 0 Å². The zero-order valence-corrected chi connectivity index (χ0v) is 7.71. The quantitative estimate of drug-likeness (QED) is 0.276. The Morgan fingerprint density at radius 1 is 1.80 bits per heavy atom. The van der Waals surface area contributed by atoms with Crippen LogP contribution >= 0.6 is 24.8 Å². The molecule has 3 nitrogen and oxygen atoms in total. The van der Waals surface area contributed by atoms with E-state index in [0.29, 0.717) is 0 Å². The van der Waals surface area contributed by atoms with Crippen LogP contribution in [0.15, 0.2) is 0 Å². The van der Waals surface area contributed by atoms with E-state index < -0.39 is 0 Å². The summed E-state index contributed by atoms with van der Waals surface area (Å²) in [5, 5.41) is 11.1. The highest BCUT2D eigenvalue weighted by Crippen LogP contribution is 1.63. The Labute approximate surface area is 72.4 Å². The summed E-state index contributed by atoms with van der Waals surface area (Å²) >= 11 is 7.65. The third kappa shape index (κ3) is 41.9. The van der Waals surface area contributed by atoms with Crippen molar-refractivity contribution in [3.8, 4) is 0 Å². The molecule has 62 valence electrons. The maximum Gasteiger partial charge on any atom is 0.128 e. The van der Waals surface area contributed by atoms with Gasteiger partial charge in [-0.2, -0.15) is 0 Å². The molecule has 0 aromatic rings. The van der Waals surface area contributed by atoms with E-state index in [9.17, 15) is 0 Å². The van der Waals surface area contributed by atoms with E-state index in [1.54, 1.807) is 0 Å². The normalized spacial score (nSPS) is 7.90.